The van der Waals surface area contributed by atoms with E-state index in [9.17, 15) is 15.0 Å². The topological polar surface area (TPSA) is 60.8 Å². The Kier molecular flexibility index (Phi) is 3.94. The number of phenolic OH excluding ortho intramolecular Hbond substituents is 2. The summed E-state index contributed by atoms with van der Waals surface area (Å²) in [5.41, 5.74) is 2.00. The summed E-state index contributed by atoms with van der Waals surface area (Å²) >= 11 is 0. The molecule has 4 heteroatoms. The zero-order valence-corrected chi connectivity index (χ0v) is 11.5. The van der Waals surface area contributed by atoms with Crippen molar-refractivity contribution in [2.45, 2.75) is 13.3 Å². The maximum atomic E-state index is 12.3. The Labute approximate surface area is 117 Å². The number of rotatable bonds is 3. The zero-order chi connectivity index (χ0) is 14.7. The first-order valence-corrected chi connectivity index (χ1v) is 6.42. The maximum absolute atomic E-state index is 12.3. The largest absolute Gasteiger partial charge is 0.504 e. The lowest BCUT2D eigenvalue weighted by Crippen LogP contribution is -2.26. The second kappa shape index (κ2) is 5.65. The molecule has 20 heavy (non-hydrogen) atoms. The van der Waals surface area contributed by atoms with Gasteiger partial charge in [0.2, 0.25) is 0 Å². The Bertz CT molecular complexity index is 620. The van der Waals surface area contributed by atoms with Crippen LogP contribution >= 0.6 is 0 Å². The van der Waals surface area contributed by atoms with Crippen LogP contribution in [-0.4, -0.2) is 23.2 Å². The molecule has 4 nitrogen and oxygen atoms in total. The van der Waals surface area contributed by atoms with E-state index in [-0.39, 0.29) is 17.2 Å². The third kappa shape index (κ3) is 2.59. The zero-order valence-electron chi connectivity index (χ0n) is 11.5. The summed E-state index contributed by atoms with van der Waals surface area (Å²) in [7, 11) is 1.63. The van der Waals surface area contributed by atoms with E-state index in [1.54, 1.807) is 7.05 Å². The first-order chi connectivity index (χ1) is 9.54. The van der Waals surface area contributed by atoms with Crippen molar-refractivity contribution in [1.29, 1.82) is 0 Å². The molecule has 2 N–H and O–H groups in total. The van der Waals surface area contributed by atoms with Crippen molar-refractivity contribution < 1.29 is 15.0 Å². The summed E-state index contributed by atoms with van der Waals surface area (Å²) in [6, 6.07) is 12.0. The summed E-state index contributed by atoms with van der Waals surface area (Å²) in [4.78, 5) is 13.8. The van der Waals surface area contributed by atoms with Gasteiger partial charge in [0.15, 0.2) is 11.5 Å². The highest BCUT2D eigenvalue weighted by atomic mass is 16.3. The number of anilines is 1. The molecule has 0 aliphatic heterocycles. The van der Waals surface area contributed by atoms with Gasteiger partial charge in [0, 0.05) is 12.7 Å². The standard InChI is InChI=1S/C16H17NO3/c1-3-11-7-9-12(10-8-11)17(2)16(20)13-5-4-6-14(18)15(13)19/h4-10,18-19H,3H2,1-2H3. The molecular weight excluding hydrogens is 254 g/mol. The number of carbonyl (C=O) groups excluding carboxylic acids is 1. The minimum Gasteiger partial charge on any atom is -0.504 e. The number of nitrogens with zero attached hydrogens (tertiary/aromatic N) is 1. The van der Waals surface area contributed by atoms with Gasteiger partial charge in [-0.25, -0.2) is 0 Å². The lowest BCUT2D eigenvalue weighted by Gasteiger charge is -2.18. The number of aromatic hydroxyl groups is 2. The van der Waals surface area contributed by atoms with E-state index in [1.807, 2.05) is 24.3 Å². The van der Waals surface area contributed by atoms with Gasteiger partial charge in [0.05, 0.1) is 5.56 Å². The van der Waals surface area contributed by atoms with E-state index >= 15 is 0 Å². The summed E-state index contributed by atoms with van der Waals surface area (Å²) in [6.45, 7) is 2.06. The van der Waals surface area contributed by atoms with E-state index in [2.05, 4.69) is 6.92 Å². The minimum atomic E-state index is -0.394. The van der Waals surface area contributed by atoms with Crippen molar-refractivity contribution in [2.75, 3.05) is 11.9 Å². The Hall–Kier alpha value is -2.49. The second-order valence-electron chi connectivity index (χ2n) is 4.56. The number of benzene rings is 2. The summed E-state index contributed by atoms with van der Waals surface area (Å²) in [6.07, 6.45) is 0.936. The number of amides is 1. The van der Waals surface area contributed by atoms with Gasteiger partial charge >= 0.3 is 0 Å². The van der Waals surface area contributed by atoms with Gasteiger partial charge in [-0.3, -0.25) is 4.79 Å². The van der Waals surface area contributed by atoms with Crippen molar-refractivity contribution in [3.05, 3.63) is 53.6 Å². The molecule has 0 aromatic heterocycles. The number of para-hydroxylation sites is 1. The fourth-order valence-electron chi connectivity index (χ4n) is 1.96. The first kappa shape index (κ1) is 13.9. The highest BCUT2D eigenvalue weighted by molar-refractivity contribution is 6.07. The van der Waals surface area contributed by atoms with E-state index in [4.69, 9.17) is 0 Å². The SMILES string of the molecule is CCc1ccc(N(C)C(=O)c2cccc(O)c2O)cc1. The molecule has 1 amide bonds. The molecule has 0 saturated carbocycles. The number of aryl methyl sites for hydroxylation is 1. The normalized spacial score (nSPS) is 10.3. The molecule has 2 rings (SSSR count). The van der Waals surface area contributed by atoms with Gasteiger partial charge < -0.3 is 15.1 Å². The third-order valence-electron chi connectivity index (χ3n) is 3.28. The molecular formula is C16H17NO3. The number of carbonyl (C=O) groups is 1. The van der Waals surface area contributed by atoms with Crippen molar-refractivity contribution in [3.8, 4) is 11.5 Å². The van der Waals surface area contributed by atoms with Crippen LogP contribution in [0.25, 0.3) is 0 Å². The molecule has 0 heterocycles. The predicted octanol–water partition coefficient (Wildman–Crippen LogP) is 2.94. The second-order valence-corrected chi connectivity index (χ2v) is 4.56. The molecule has 0 spiro atoms. The van der Waals surface area contributed by atoms with Crippen LogP contribution in [0.1, 0.15) is 22.8 Å². The van der Waals surface area contributed by atoms with Crippen molar-refractivity contribution in [2.24, 2.45) is 0 Å². The van der Waals surface area contributed by atoms with Crippen LogP contribution in [0, 0.1) is 0 Å². The van der Waals surface area contributed by atoms with Gasteiger partial charge in [-0.1, -0.05) is 25.1 Å². The maximum Gasteiger partial charge on any atom is 0.261 e. The molecule has 0 saturated heterocycles. The third-order valence-corrected chi connectivity index (χ3v) is 3.28. The van der Waals surface area contributed by atoms with Crippen molar-refractivity contribution in [3.63, 3.8) is 0 Å². The van der Waals surface area contributed by atoms with Crippen molar-refractivity contribution in [1.82, 2.24) is 0 Å². The van der Waals surface area contributed by atoms with Crippen molar-refractivity contribution >= 4 is 11.6 Å². The van der Waals surface area contributed by atoms with E-state index in [1.165, 1.54) is 28.7 Å². The average molecular weight is 271 g/mol. The molecule has 0 unspecified atom stereocenters. The molecule has 0 aliphatic carbocycles. The molecule has 0 radical (unpaired) electrons. The quantitative estimate of drug-likeness (QED) is 0.844. The predicted molar refractivity (Wildman–Crippen MR) is 78.3 cm³/mol. The van der Waals surface area contributed by atoms with Gasteiger partial charge in [-0.05, 0) is 36.2 Å². The van der Waals surface area contributed by atoms with Gasteiger partial charge in [-0.2, -0.15) is 0 Å². The summed E-state index contributed by atoms with van der Waals surface area (Å²) in [5, 5.41) is 19.2. The van der Waals surface area contributed by atoms with Crippen LogP contribution in [0.4, 0.5) is 5.69 Å². The highest BCUT2D eigenvalue weighted by Crippen LogP contribution is 2.30. The fraction of sp³-hybridized carbons (Fsp3) is 0.188. The van der Waals surface area contributed by atoms with Gasteiger partial charge in [0.25, 0.3) is 5.91 Å². The molecule has 2 aromatic carbocycles. The van der Waals surface area contributed by atoms with E-state index < -0.39 is 5.75 Å². The van der Waals surface area contributed by atoms with Crippen LogP contribution in [0.3, 0.4) is 0 Å². The Morgan fingerprint density at radius 3 is 2.35 bits per heavy atom. The van der Waals surface area contributed by atoms with E-state index in [0.717, 1.165) is 12.1 Å². The van der Waals surface area contributed by atoms with Gasteiger partial charge in [0.1, 0.15) is 0 Å². The summed E-state index contributed by atoms with van der Waals surface area (Å²) in [5.74, 6) is -1.07. The molecule has 2 aromatic rings. The van der Waals surface area contributed by atoms with Crippen LogP contribution in [0.5, 0.6) is 11.5 Å². The van der Waals surface area contributed by atoms with E-state index in [0.29, 0.717) is 0 Å². The first-order valence-electron chi connectivity index (χ1n) is 6.42. The lowest BCUT2D eigenvalue weighted by atomic mass is 10.1. The molecule has 0 bridgehead atoms. The molecule has 104 valence electrons. The molecule has 0 atom stereocenters. The van der Waals surface area contributed by atoms with Gasteiger partial charge in [-0.15, -0.1) is 0 Å². The molecule has 0 fully saturated rings. The average Bonchev–Trinajstić information content (AvgIpc) is 2.48. The van der Waals surface area contributed by atoms with Crippen LogP contribution < -0.4 is 4.90 Å². The molecule has 0 aliphatic rings. The summed E-state index contributed by atoms with van der Waals surface area (Å²) < 4.78 is 0. The Morgan fingerprint density at radius 1 is 1.10 bits per heavy atom. The minimum absolute atomic E-state index is 0.0760. The smallest absolute Gasteiger partial charge is 0.261 e. The van der Waals surface area contributed by atoms with Crippen LogP contribution in [0.15, 0.2) is 42.5 Å². The fourth-order valence-corrected chi connectivity index (χ4v) is 1.96. The Morgan fingerprint density at radius 2 is 1.75 bits per heavy atom. The highest BCUT2D eigenvalue weighted by Gasteiger charge is 2.18. The lowest BCUT2D eigenvalue weighted by molar-refractivity contribution is 0.0990. The number of phenols is 2. The Balaban J connectivity index is 2.29. The monoisotopic (exact) mass is 271 g/mol. The number of hydrogen-bond acceptors (Lipinski definition) is 3. The van der Waals surface area contributed by atoms with Crippen LogP contribution in [0.2, 0.25) is 0 Å². The number of hydrogen-bond donors (Lipinski definition) is 2. The van der Waals surface area contributed by atoms with Crippen LogP contribution in [-0.2, 0) is 6.42 Å².